The van der Waals surface area contributed by atoms with Crippen molar-refractivity contribution in [3.63, 3.8) is 0 Å². The fraction of sp³-hybridized carbons (Fsp3) is 0.333. The molecule has 1 unspecified atom stereocenters. The Bertz CT molecular complexity index is 684. The molecule has 0 radical (unpaired) electrons. The highest BCUT2D eigenvalue weighted by molar-refractivity contribution is 7.09. The number of benzene rings is 1. The van der Waals surface area contributed by atoms with Crippen LogP contribution in [-0.2, 0) is 22.7 Å². The maximum absolute atomic E-state index is 12.7. The van der Waals surface area contributed by atoms with E-state index in [1.807, 2.05) is 54.8 Å². The lowest BCUT2D eigenvalue weighted by molar-refractivity contribution is -0.141. The van der Waals surface area contributed by atoms with Crippen molar-refractivity contribution >= 4 is 23.2 Å². The Kier molecular flexibility index (Phi) is 4.48. The monoisotopic (exact) mass is 328 g/mol. The summed E-state index contributed by atoms with van der Waals surface area (Å²) < 4.78 is 0. The highest BCUT2D eigenvalue weighted by Gasteiger charge is 2.47. The van der Waals surface area contributed by atoms with Gasteiger partial charge in [0.25, 0.3) is 0 Å². The fourth-order valence-corrected chi connectivity index (χ4v) is 3.61. The van der Waals surface area contributed by atoms with Gasteiger partial charge in [-0.15, -0.1) is 11.3 Å². The van der Waals surface area contributed by atoms with E-state index in [0.717, 1.165) is 10.4 Å². The molecule has 1 aliphatic rings. The molecule has 120 valence electrons. The van der Waals surface area contributed by atoms with Gasteiger partial charge in [-0.25, -0.2) is 0 Å². The summed E-state index contributed by atoms with van der Waals surface area (Å²) in [5.41, 5.74) is 0.286. The molecule has 2 aromatic rings. The second-order valence-corrected chi connectivity index (χ2v) is 7.03. The van der Waals surface area contributed by atoms with Gasteiger partial charge in [0.2, 0.25) is 11.8 Å². The third-order valence-electron chi connectivity index (χ3n) is 4.40. The Morgan fingerprint density at radius 2 is 2.04 bits per heavy atom. The molecule has 1 aliphatic heterocycles. The second-order valence-electron chi connectivity index (χ2n) is 6.00. The molecule has 3 rings (SSSR count). The first-order valence-electron chi connectivity index (χ1n) is 7.75. The molecule has 23 heavy (non-hydrogen) atoms. The molecule has 1 N–H and O–H groups in total. The number of nitrogens with one attached hydrogen (secondary N) is 1. The zero-order valence-electron chi connectivity index (χ0n) is 13.1. The van der Waals surface area contributed by atoms with Crippen molar-refractivity contribution in [1.82, 2.24) is 10.2 Å². The van der Waals surface area contributed by atoms with Gasteiger partial charge in [0.15, 0.2) is 0 Å². The average molecular weight is 328 g/mol. The molecule has 0 bridgehead atoms. The van der Waals surface area contributed by atoms with Gasteiger partial charge in [0.1, 0.15) is 5.54 Å². The lowest BCUT2D eigenvalue weighted by Crippen LogP contribution is -2.53. The van der Waals surface area contributed by atoms with Crippen LogP contribution in [0.2, 0.25) is 0 Å². The number of hydrogen-bond acceptors (Lipinski definition) is 3. The Hall–Kier alpha value is -2.14. The molecule has 1 aromatic heterocycles. The highest BCUT2D eigenvalue weighted by Crippen LogP contribution is 2.32. The molecule has 1 fully saturated rings. The number of amides is 2. The molecule has 1 atom stereocenters. The fourth-order valence-electron chi connectivity index (χ4n) is 2.92. The quantitative estimate of drug-likeness (QED) is 0.917. The van der Waals surface area contributed by atoms with Crippen molar-refractivity contribution in [3.8, 4) is 0 Å². The van der Waals surface area contributed by atoms with E-state index in [1.54, 1.807) is 16.2 Å². The molecule has 2 amide bonds. The van der Waals surface area contributed by atoms with Crippen LogP contribution in [0.4, 0.5) is 0 Å². The first-order valence-corrected chi connectivity index (χ1v) is 8.62. The van der Waals surface area contributed by atoms with E-state index in [9.17, 15) is 9.59 Å². The number of nitrogens with zero attached hydrogens (tertiary/aromatic N) is 1. The van der Waals surface area contributed by atoms with Crippen molar-refractivity contribution in [2.45, 2.75) is 38.4 Å². The Labute approximate surface area is 140 Å². The topological polar surface area (TPSA) is 49.4 Å². The van der Waals surface area contributed by atoms with Crippen LogP contribution in [-0.4, -0.2) is 22.3 Å². The maximum Gasteiger partial charge on any atom is 0.245 e. The van der Waals surface area contributed by atoms with Gasteiger partial charge in [-0.2, -0.15) is 0 Å². The van der Waals surface area contributed by atoms with Gasteiger partial charge in [0, 0.05) is 17.8 Å². The van der Waals surface area contributed by atoms with Gasteiger partial charge in [-0.3, -0.25) is 9.59 Å². The smallest absolute Gasteiger partial charge is 0.245 e. The van der Waals surface area contributed by atoms with Crippen LogP contribution in [0.3, 0.4) is 0 Å². The third kappa shape index (κ3) is 3.29. The largest absolute Gasteiger partial charge is 0.350 e. The summed E-state index contributed by atoms with van der Waals surface area (Å²) in [5, 5.41) is 4.97. The zero-order valence-corrected chi connectivity index (χ0v) is 13.9. The summed E-state index contributed by atoms with van der Waals surface area (Å²) >= 11 is 1.61. The third-order valence-corrected chi connectivity index (χ3v) is 5.26. The first-order chi connectivity index (χ1) is 11.1. The minimum Gasteiger partial charge on any atom is -0.350 e. The van der Waals surface area contributed by atoms with Crippen molar-refractivity contribution in [2.75, 3.05) is 0 Å². The van der Waals surface area contributed by atoms with Crippen LogP contribution in [0.25, 0.3) is 0 Å². The van der Waals surface area contributed by atoms with E-state index in [1.165, 1.54) is 0 Å². The number of carbonyl (C=O) groups excluding carboxylic acids is 2. The molecular formula is C18H20N2O2S. The molecule has 0 saturated carbocycles. The predicted octanol–water partition coefficient (Wildman–Crippen LogP) is 2.95. The minimum atomic E-state index is -0.768. The second kappa shape index (κ2) is 6.54. The lowest BCUT2D eigenvalue weighted by atomic mass is 9.97. The summed E-state index contributed by atoms with van der Waals surface area (Å²) in [6, 6.07) is 13.8. The molecular weight excluding hydrogens is 308 g/mol. The van der Waals surface area contributed by atoms with Crippen molar-refractivity contribution in [1.29, 1.82) is 0 Å². The van der Waals surface area contributed by atoms with E-state index in [-0.39, 0.29) is 11.8 Å². The normalized spacial score (nSPS) is 20.7. The van der Waals surface area contributed by atoms with Crippen LogP contribution in [0.5, 0.6) is 0 Å². The van der Waals surface area contributed by atoms with Gasteiger partial charge in [0.05, 0.1) is 6.54 Å². The number of thiophene rings is 1. The van der Waals surface area contributed by atoms with E-state index >= 15 is 0 Å². The number of rotatable bonds is 5. The number of likely N-dealkylation sites (tertiary alicyclic amines) is 1. The number of hydrogen-bond donors (Lipinski definition) is 1. The van der Waals surface area contributed by atoms with Gasteiger partial charge < -0.3 is 10.2 Å². The molecule has 1 saturated heterocycles. The highest BCUT2D eigenvalue weighted by atomic mass is 32.1. The Morgan fingerprint density at radius 1 is 1.26 bits per heavy atom. The molecule has 0 aliphatic carbocycles. The minimum absolute atomic E-state index is 0.0516. The Balaban J connectivity index is 1.70. The van der Waals surface area contributed by atoms with Crippen molar-refractivity contribution in [2.24, 2.45) is 0 Å². The lowest BCUT2D eigenvalue weighted by Gasteiger charge is -2.33. The van der Waals surface area contributed by atoms with E-state index in [4.69, 9.17) is 0 Å². The van der Waals surface area contributed by atoms with Crippen LogP contribution < -0.4 is 5.32 Å². The standard InChI is InChI=1S/C18H20N2O2S/c1-18(17(22)19-12-14-6-3-2-4-7-14)10-9-16(21)20(18)13-15-8-5-11-23-15/h2-8,11H,9-10,12-13H2,1H3,(H,19,22). The predicted molar refractivity (Wildman–Crippen MR) is 90.8 cm³/mol. The van der Waals surface area contributed by atoms with E-state index in [2.05, 4.69) is 5.32 Å². The number of carbonyl (C=O) groups is 2. The molecule has 0 spiro atoms. The molecule has 5 heteroatoms. The van der Waals surface area contributed by atoms with Gasteiger partial charge in [-0.1, -0.05) is 36.4 Å². The molecule has 1 aromatic carbocycles. The summed E-state index contributed by atoms with van der Waals surface area (Å²) in [5.74, 6) is -0.0282. The first kappa shape index (κ1) is 15.7. The van der Waals surface area contributed by atoms with Gasteiger partial charge >= 0.3 is 0 Å². The Morgan fingerprint density at radius 3 is 2.74 bits per heavy atom. The van der Waals surface area contributed by atoms with Crippen LogP contribution in [0, 0.1) is 0 Å². The maximum atomic E-state index is 12.7. The molecule has 4 nitrogen and oxygen atoms in total. The van der Waals surface area contributed by atoms with Crippen LogP contribution in [0.1, 0.15) is 30.2 Å². The van der Waals surface area contributed by atoms with E-state index < -0.39 is 5.54 Å². The van der Waals surface area contributed by atoms with Crippen molar-refractivity contribution < 1.29 is 9.59 Å². The SMILES string of the molecule is CC1(C(=O)NCc2ccccc2)CCC(=O)N1Cc1cccs1. The van der Waals surface area contributed by atoms with Crippen LogP contribution >= 0.6 is 11.3 Å². The van der Waals surface area contributed by atoms with E-state index in [0.29, 0.717) is 25.9 Å². The molecule has 2 heterocycles. The van der Waals surface area contributed by atoms with Crippen LogP contribution in [0.15, 0.2) is 47.8 Å². The summed E-state index contributed by atoms with van der Waals surface area (Å²) in [4.78, 5) is 27.8. The summed E-state index contributed by atoms with van der Waals surface area (Å²) in [6.45, 7) is 2.86. The zero-order chi connectivity index (χ0) is 16.3. The summed E-state index contributed by atoms with van der Waals surface area (Å²) in [6.07, 6.45) is 0.998. The average Bonchev–Trinajstić information content (AvgIpc) is 3.18. The summed E-state index contributed by atoms with van der Waals surface area (Å²) in [7, 11) is 0. The van der Waals surface area contributed by atoms with Gasteiger partial charge in [-0.05, 0) is 30.4 Å². The van der Waals surface area contributed by atoms with Crippen molar-refractivity contribution in [3.05, 3.63) is 58.3 Å².